The lowest BCUT2D eigenvalue weighted by Crippen LogP contribution is -2.46. The van der Waals surface area contributed by atoms with Crippen molar-refractivity contribution < 1.29 is 9.53 Å². The quantitative estimate of drug-likeness (QED) is 0.743. The van der Waals surface area contributed by atoms with Gasteiger partial charge in [0.15, 0.2) is 0 Å². The number of rotatable bonds is 7. The number of nitrogens with zero attached hydrogens (tertiary/aromatic N) is 3. The zero-order valence-corrected chi connectivity index (χ0v) is 16.6. The van der Waals surface area contributed by atoms with E-state index in [2.05, 4.69) is 25.4 Å². The number of anilines is 1. The summed E-state index contributed by atoms with van der Waals surface area (Å²) in [6.45, 7) is 4.24. The molecule has 0 radical (unpaired) electrons. The van der Waals surface area contributed by atoms with Gasteiger partial charge < -0.3 is 10.1 Å². The molecule has 0 aromatic carbocycles. The molecule has 2 aromatic heterocycles. The summed E-state index contributed by atoms with van der Waals surface area (Å²) in [4.78, 5) is 30.4. The van der Waals surface area contributed by atoms with E-state index in [4.69, 9.17) is 4.74 Å². The van der Waals surface area contributed by atoms with E-state index >= 15 is 0 Å². The molecule has 3 heterocycles. The molecule has 2 aliphatic rings. The monoisotopic (exact) mass is 397 g/mol. The Morgan fingerprint density at radius 2 is 2.17 bits per heavy atom. The third kappa shape index (κ3) is 5.20. The van der Waals surface area contributed by atoms with Crippen LogP contribution >= 0.6 is 0 Å². The summed E-state index contributed by atoms with van der Waals surface area (Å²) in [5.74, 6) is 2.07. The molecule has 2 fully saturated rings. The number of hydrogen-bond donors (Lipinski definition) is 2. The van der Waals surface area contributed by atoms with Crippen molar-refractivity contribution in [3.8, 4) is 5.75 Å². The van der Waals surface area contributed by atoms with E-state index in [1.54, 1.807) is 18.3 Å². The number of hydrogen-bond acceptors (Lipinski definition) is 6. The van der Waals surface area contributed by atoms with Gasteiger partial charge in [-0.15, -0.1) is 0 Å². The molecule has 1 amide bonds. The molecule has 0 unspecified atom stereocenters. The minimum atomic E-state index is -0.284. The maximum atomic E-state index is 12.7. The Balaban J connectivity index is 1.31. The Morgan fingerprint density at radius 3 is 2.86 bits per heavy atom. The number of pyridine rings is 1. The molecule has 1 aliphatic carbocycles. The van der Waals surface area contributed by atoms with Crippen LogP contribution < -0.4 is 15.6 Å². The van der Waals surface area contributed by atoms with Gasteiger partial charge in [-0.05, 0) is 63.3 Å². The van der Waals surface area contributed by atoms with Gasteiger partial charge in [0.05, 0.1) is 24.5 Å². The van der Waals surface area contributed by atoms with Crippen LogP contribution in [0.5, 0.6) is 5.75 Å². The highest BCUT2D eigenvalue weighted by atomic mass is 16.5. The summed E-state index contributed by atoms with van der Waals surface area (Å²) in [6, 6.07) is 6.60. The molecule has 2 N–H and O–H groups in total. The molecule has 1 saturated heterocycles. The van der Waals surface area contributed by atoms with E-state index in [1.807, 2.05) is 13.0 Å². The molecule has 29 heavy (non-hydrogen) atoms. The summed E-state index contributed by atoms with van der Waals surface area (Å²) in [5, 5.41) is 9.55. The van der Waals surface area contributed by atoms with Gasteiger partial charge in [-0.25, -0.2) is 10.1 Å². The van der Waals surface area contributed by atoms with Crippen LogP contribution in [-0.4, -0.2) is 51.7 Å². The van der Waals surface area contributed by atoms with Gasteiger partial charge in [0.1, 0.15) is 11.6 Å². The van der Waals surface area contributed by atoms with Gasteiger partial charge in [0, 0.05) is 18.5 Å². The maximum Gasteiger partial charge on any atom is 0.264 e. The number of ether oxygens (including phenoxy) is 1. The average Bonchev–Trinajstić information content (AvgIpc) is 3.58. The predicted molar refractivity (Wildman–Crippen MR) is 109 cm³/mol. The second kappa shape index (κ2) is 8.73. The van der Waals surface area contributed by atoms with E-state index < -0.39 is 0 Å². The summed E-state index contributed by atoms with van der Waals surface area (Å²) in [7, 11) is 0. The normalized spacial score (nSPS) is 20.8. The number of carbonyl (C=O) groups excluding carboxylic acids is 1. The number of piperidine rings is 1. The molecule has 0 bridgehead atoms. The standard InChI is InChI=1S/C21H27N5O3/c1-14(26-10-2-3-16(12-26)18-7-9-20(27)25-24-18)21(28)23-19-8-6-17(11-22-19)29-13-15-4-5-15/h6-9,11,14-16H,2-5,10,12-13H2,1H3,(H,25,27)(H,22,23,28)/t14-,16+/m0/s1. The molecule has 4 rings (SSSR count). The summed E-state index contributed by atoms with van der Waals surface area (Å²) in [6.07, 6.45) is 6.12. The Hall–Kier alpha value is -2.74. The van der Waals surface area contributed by atoms with Crippen LogP contribution in [0.4, 0.5) is 5.82 Å². The fraction of sp³-hybridized carbons (Fsp3) is 0.524. The van der Waals surface area contributed by atoms with Crippen molar-refractivity contribution in [1.82, 2.24) is 20.1 Å². The van der Waals surface area contributed by atoms with Crippen LogP contribution in [0.3, 0.4) is 0 Å². The van der Waals surface area contributed by atoms with E-state index in [1.165, 1.54) is 18.9 Å². The predicted octanol–water partition coefficient (Wildman–Crippen LogP) is 2.16. The molecule has 0 spiro atoms. The lowest BCUT2D eigenvalue weighted by atomic mass is 9.93. The van der Waals surface area contributed by atoms with E-state index in [9.17, 15) is 9.59 Å². The Bertz CT molecular complexity index is 873. The number of amides is 1. The van der Waals surface area contributed by atoms with Crippen molar-refractivity contribution >= 4 is 11.7 Å². The Morgan fingerprint density at radius 1 is 1.31 bits per heavy atom. The molecule has 1 saturated carbocycles. The second-order valence-corrected chi connectivity index (χ2v) is 7.98. The van der Waals surface area contributed by atoms with E-state index in [0.717, 1.165) is 44.0 Å². The molecular weight excluding hydrogens is 370 g/mol. The van der Waals surface area contributed by atoms with Crippen LogP contribution in [0.2, 0.25) is 0 Å². The van der Waals surface area contributed by atoms with Crippen molar-refractivity contribution in [2.75, 3.05) is 25.0 Å². The Kier molecular flexibility index (Phi) is 5.89. The summed E-state index contributed by atoms with van der Waals surface area (Å²) < 4.78 is 5.68. The minimum absolute atomic E-state index is 0.0840. The zero-order valence-electron chi connectivity index (χ0n) is 16.6. The molecule has 8 heteroatoms. The van der Waals surface area contributed by atoms with Crippen LogP contribution in [0.25, 0.3) is 0 Å². The fourth-order valence-corrected chi connectivity index (χ4v) is 3.62. The van der Waals surface area contributed by atoms with Gasteiger partial charge in [-0.3, -0.25) is 14.5 Å². The van der Waals surface area contributed by atoms with Gasteiger partial charge in [0.25, 0.3) is 5.56 Å². The molecule has 2 atom stereocenters. The lowest BCUT2D eigenvalue weighted by Gasteiger charge is -2.35. The number of aromatic nitrogens is 3. The van der Waals surface area contributed by atoms with Crippen molar-refractivity contribution in [3.63, 3.8) is 0 Å². The average molecular weight is 397 g/mol. The summed E-state index contributed by atoms with van der Waals surface area (Å²) >= 11 is 0. The van der Waals surface area contributed by atoms with Crippen LogP contribution in [0.1, 0.15) is 44.2 Å². The highest BCUT2D eigenvalue weighted by Gasteiger charge is 2.29. The van der Waals surface area contributed by atoms with Gasteiger partial charge in [-0.1, -0.05) is 0 Å². The number of carbonyl (C=O) groups is 1. The number of nitrogens with one attached hydrogen (secondary N) is 2. The van der Waals surface area contributed by atoms with Crippen molar-refractivity contribution in [3.05, 3.63) is 46.5 Å². The molecule has 8 nitrogen and oxygen atoms in total. The van der Waals surface area contributed by atoms with Crippen LogP contribution in [0.15, 0.2) is 35.3 Å². The SMILES string of the molecule is C[C@@H](C(=O)Nc1ccc(OCC2CC2)cn1)N1CCC[C@@H](c2ccc(=O)[nH]n2)C1. The first kappa shape index (κ1) is 19.6. The van der Waals surface area contributed by atoms with E-state index in [-0.39, 0.29) is 23.4 Å². The third-order valence-corrected chi connectivity index (χ3v) is 5.67. The van der Waals surface area contributed by atoms with Crippen molar-refractivity contribution in [1.29, 1.82) is 0 Å². The van der Waals surface area contributed by atoms with Gasteiger partial charge >= 0.3 is 0 Å². The zero-order chi connectivity index (χ0) is 20.2. The highest BCUT2D eigenvalue weighted by molar-refractivity contribution is 5.93. The molecule has 1 aliphatic heterocycles. The first-order chi connectivity index (χ1) is 14.1. The number of likely N-dealkylation sites (tertiary alicyclic amines) is 1. The number of aromatic amines is 1. The van der Waals surface area contributed by atoms with Gasteiger partial charge in [-0.2, -0.15) is 5.10 Å². The smallest absolute Gasteiger partial charge is 0.264 e. The molecular formula is C21H27N5O3. The molecule has 2 aromatic rings. The maximum absolute atomic E-state index is 12.7. The van der Waals surface area contributed by atoms with Gasteiger partial charge in [0.2, 0.25) is 5.91 Å². The van der Waals surface area contributed by atoms with Crippen LogP contribution in [0, 0.1) is 5.92 Å². The second-order valence-electron chi connectivity index (χ2n) is 7.98. The number of H-pyrrole nitrogens is 1. The van der Waals surface area contributed by atoms with Crippen molar-refractivity contribution in [2.24, 2.45) is 5.92 Å². The van der Waals surface area contributed by atoms with Crippen LogP contribution in [-0.2, 0) is 4.79 Å². The first-order valence-corrected chi connectivity index (χ1v) is 10.3. The summed E-state index contributed by atoms with van der Waals surface area (Å²) in [5.41, 5.74) is 0.663. The molecule has 154 valence electrons. The fourth-order valence-electron chi connectivity index (χ4n) is 3.62. The minimum Gasteiger partial charge on any atom is -0.492 e. The topological polar surface area (TPSA) is 100 Å². The third-order valence-electron chi connectivity index (χ3n) is 5.67. The highest BCUT2D eigenvalue weighted by Crippen LogP contribution is 2.29. The lowest BCUT2D eigenvalue weighted by molar-refractivity contribution is -0.121. The van der Waals surface area contributed by atoms with E-state index in [0.29, 0.717) is 11.7 Å². The van der Waals surface area contributed by atoms with Crippen molar-refractivity contribution in [2.45, 2.75) is 44.6 Å². The Labute approximate surface area is 169 Å². The first-order valence-electron chi connectivity index (χ1n) is 10.3. The largest absolute Gasteiger partial charge is 0.492 e.